The molecule has 0 heterocycles. The van der Waals surface area contributed by atoms with Crippen molar-refractivity contribution in [2.24, 2.45) is 0 Å². The Balaban J connectivity index is 2.57. The average molecular weight is 194 g/mol. The molecule has 0 aromatic heterocycles. The Bertz CT molecular complexity index is 331. The first-order chi connectivity index (χ1) is 6.59. The summed E-state index contributed by atoms with van der Waals surface area (Å²) in [5, 5.41) is 0. The van der Waals surface area contributed by atoms with Crippen molar-refractivity contribution in [3.8, 4) is 5.75 Å². The molecule has 14 heavy (non-hydrogen) atoms. The van der Waals surface area contributed by atoms with Gasteiger partial charge in [-0.3, -0.25) is 0 Å². The third kappa shape index (κ3) is 3.21. The second-order valence-electron chi connectivity index (χ2n) is 3.49. The number of rotatable bonds is 4. The van der Waals surface area contributed by atoms with Crippen LogP contribution in [0.4, 0.5) is 4.39 Å². The Kier molecular flexibility index (Phi) is 3.69. The number of ether oxygens (including phenoxy) is 1. The molecule has 1 nitrogen and oxygen atoms in total. The van der Waals surface area contributed by atoms with Gasteiger partial charge in [-0.1, -0.05) is 11.6 Å². The van der Waals surface area contributed by atoms with Gasteiger partial charge in [-0.05, 0) is 31.5 Å². The monoisotopic (exact) mass is 194 g/mol. The molecule has 0 fully saturated rings. The lowest BCUT2D eigenvalue weighted by Crippen LogP contribution is -1.99. The van der Waals surface area contributed by atoms with E-state index in [2.05, 4.69) is 6.58 Å². The SMILES string of the molecule is C=C(C)CCOc1cc(C)ccc1F. The minimum absolute atomic E-state index is 0.308. The van der Waals surface area contributed by atoms with Crippen LogP contribution in [0.25, 0.3) is 0 Å². The standard InChI is InChI=1S/C12H15FO/c1-9(2)6-7-14-12-8-10(3)4-5-11(12)13/h4-5,8H,1,6-7H2,2-3H3. The summed E-state index contributed by atoms with van der Waals surface area (Å²) < 4.78 is 18.4. The molecule has 76 valence electrons. The van der Waals surface area contributed by atoms with E-state index in [1.165, 1.54) is 6.07 Å². The van der Waals surface area contributed by atoms with Gasteiger partial charge in [0.25, 0.3) is 0 Å². The van der Waals surface area contributed by atoms with Crippen LogP contribution in [-0.2, 0) is 0 Å². The van der Waals surface area contributed by atoms with Crippen molar-refractivity contribution < 1.29 is 9.13 Å². The van der Waals surface area contributed by atoms with E-state index in [0.29, 0.717) is 12.4 Å². The number of hydrogen-bond donors (Lipinski definition) is 0. The van der Waals surface area contributed by atoms with Crippen LogP contribution in [-0.4, -0.2) is 6.61 Å². The van der Waals surface area contributed by atoms with Gasteiger partial charge in [-0.15, -0.1) is 6.58 Å². The predicted molar refractivity (Wildman–Crippen MR) is 56.1 cm³/mol. The van der Waals surface area contributed by atoms with Crippen LogP contribution >= 0.6 is 0 Å². The maximum Gasteiger partial charge on any atom is 0.165 e. The molecule has 0 saturated heterocycles. The van der Waals surface area contributed by atoms with E-state index >= 15 is 0 Å². The van der Waals surface area contributed by atoms with E-state index < -0.39 is 0 Å². The van der Waals surface area contributed by atoms with Crippen LogP contribution < -0.4 is 4.74 Å². The minimum atomic E-state index is -0.308. The maximum atomic E-state index is 13.1. The van der Waals surface area contributed by atoms with Crippen LogP contribution in [0.15, 0.2) is 30.4 Å². The molecule has 0 amide bonds. The number of benzene rings is 1. The van der Waals surface area contributed by atoms with Gasteiger partial charge in [0.1, 0.15) is 0 Å². The molecule has 1 aromatic carbocycles. The van der Waals surface area contributed by atoms with Gasteiger partial charge in [-0.2, -0.15) is 0 Å². The molecule has 0 atom stereocenters. The van der Waals surface area contributed by atoms with Crippen molar-refractivity contribution in [2.75, 3.05) is 6.61 Å². The van der Waals surface area contributed by atoms with Gasteiger partial charge in [0, 0.05) is 6.42 Å². The van der Waals surface area contributed by atoms with Crippen molar-refractivity contribution in [1.82, 2.24) is 0 Å². The lowest BCUT2D eigenvalue weighted by molar-refractivity contribution is 0.305. The first-order valence-corrected chi connectivity index (χ1v) is 4.63. The largest absolute Gasteiger partial charge is 0.490 e. The van der Waals surface area contributed by atoms with Gasteiger partial charge < -0.3 is 4.74 Å². The summed E-state index contributed by atoms with van der Waals surface area (Å²) in [5.41, 5.74) is 2.04. The summed E-state index contributed by atoms with van der Waals surface area (Å²) >= 11 is 0. The molecule has 0 radical (unpaired) electrons. The molecule has 0 N–H and O–H groups in total. The lowest BCUT2D eigenvalue weighted by atomic mass is 10.2. The molecule has 0 aliphatic rings. The summed E-state index contributed by atoms with van der Waals surface area (Å²) in [4.78, 5) is 0. The fraction of sp³-hybridized carbons (Fsp3) is 0.333. The van der Waals surface area contributed by atoms with E-state index in [-0.39, 0.29) is 5.82 Å². The topological polar surface area (TPSA) is 9.23 Å². The second-order valence-corrected chi connectivity index (χ2v) is 3.49. The van der Waals surface area contributed by atoms with E-state index in [9.17, 15) is 4.39 Å². The van der Waals surface area contributed by atoms with Crippen LogP contribution in [0.3, 0.4) is 0 Å². The molecule has 1 rings (SSSR count). The molecule has 0 aliphatic heterocycles. The van der Waals surface area contributed by atoms with Gasteiger partial charge >= 0.3 is 0 Å². The summed E-state index contributed by atoms with van der Waals surface area (Å²) in [6.07, 6.45) is 0.757. The fourth-order valence-electron chi connectivity index (χ4n) is 1.06. The number of hydrogen-bond acceptors (Lipinski definition) is 1. The summed E-state index contributed by atoms with van der Waals surface area (Å²) in [5.74, 6) is 0.0172. The summed E-state index contributed by atoms with van der Waals surface area (Å²) in [6.45, 7) is 8.07. The number of halogens is 1. The Hall–Kier alpha value is -1.31. The van der Waals surface area contributed by atoms with Crippen molar-refractivity contribution in [3.05, 3.63) is 41.7 Å². The fourth-order valence-corrected chi connectivity index (χ4v) is 1.06. The molecule has 0 unspecified atom stereocenters. The van der Waals surface area contributed by atoms with Crippen LogP contribution in [0.5, 0.6) is 5.75 Å². The van der Waals surface area contributed by atoms with Gasteiger partial charge in [0.2, 0.25) is 0 Å². The maximum absolute atomic E-state index is 13.1. The highest BCUT2D eigenvalue weighted by atomic mass is 19.1. The first kappa shape index (κ1) is 10.8. The van der Waals surface area contributed by atoms with Crippen LogP contribution in [0.2, 0.25) is 0 Å². The zero-order chi connectivity index (χ0) is 10.6. The Morgan fingerprint density at radius 2 is 2.21 bits per heavy atom. The van der Waals surface area contributed by atoms with Crippen LogP contribution in [0, 0.1) is 12.7 Å². The minimum Gasteiger partial charge on any atom is -0.490 e. The molecule has 0 bridgehead atoms. The van der Waals surface area contributed by atoms with Crippen molar-refractivity contribution in [1.29, 1.82) is 0 Å². The van der Waals surface area contributed by atoms with Crippen molar-refractivity contribution >= 4 is 0 Å². The Morgan fingerprint density at radius 1 is 1.50 bits per heavy atom. The van der Waals surface area contributed by atoms with Gasteiger partial charge in [0.15, 0.2) is 11.6 Å². The predicted octanol–water partition coefficient (Wildman–Crippen LogP) is 3.48. The quantitative estimate of drug-likeness (QED) is 0.667. The Labute approximate surface area is 84.2 Å². The van der Waals surface area contributed by atoms with Gasteiger partial charge in [-0.25, -0.2) is 4.39 Å². The van der Waals surface area contributed by atoms with E-state index in [4.69, 9.17) is 4.74 Å². The normalized spacial score (nSPS) is 9.93. The van der Waals surface area contributed by atoms with Gasteiger partial charge in [0.05, 0.1) is 6.61 Å². The average Bonchev–Trinajstić information content (AvgIpc) is 2.10. The van der Waals surface area contributed by atoms with Crippen LogP contribution in [0.1, 0.15) is 18.9 Å². The zero-order valence-corrected chi connectivity index (χ0v) is 8.64. The molecule has 2 heteroatoms. The molecule has 1 aromatic rings. The third-order valence-electron chi connectivity index (χ3n) is 1.87. The highest BCUT2D eigenvalue weighted by Crippen LogP contribution is 2.18. The van der Waals surface area contributed by atoms with Crippen molar-refractivity contribution in [2.45, 2.75) is 20.3 Å². The van der Waals surface area contributed by atoms with Crippen molar-refractivity contribution in [3.63, 3.8) is 0 Å². The molecular weight excluding hydrogens is 179 g/mol. The smallest absolute Gasteiger partial charge is 0.165 e. The zero-order valence-electron chi connectivity index (χ0n) is 8.64. The highest BCUT2D eigenvalue weighted by Gasteiger charge is 2.02. The number of aryl methyl sites for hydroxylation is 1. The molecule has 0 spiro atoms. The summed E-state index contributed by atoms with van der Waals surface area (Å²) in [7, 11) is 0. The summed E-state index contributed by atoms with van der Waals surface area (Å²) in [6, 6.07) is 4.85. The van der Waals surface area contributed by atoms with E-state index in [0.717, 1.165) is 17.6 Å². The first-order valence-electron chi connectivity index (χ1n) is 4.63. The highest BCUT2D eigenvalue weighted by molar-refractivity contribution is 5.29. The molecule has 0 saturated carbocycles. The molecule has 0 aliphatic carbocycles. The molecular formula is C12H15FO. The lowest BCUT2D eigenvalue weighted by Gasteiger charge is -2.07. The second kappa shape index (κ2) is 4.80. The van der Waals surface area contributed by atoms with E-state index in [1.807, 2.05) is 13.8 Å². The van der Waals surface area contributed by atoms with E-state index in [1.54, 1.807) is 12.1 Å². The Morgan fingerprint density at radius 3 is 2.86 bits per heavy atom. The third-order valence-corrected chi connectivity index (χ3v) is 1.87.